The molecule has 1 fully saturated rings. The second kappa shape index (κ2) is 9.25. The zero-order chi connectivity index (χ0) is 27.5. The fourth-order valence-electron chi connectivity index (χ4n) is 4.97. The Labute approximate surface area is 226 Å². The lowest BCUT2D eigenvalue weighted by molar-refractivity contribution is 0.0224. The van der Waals surface area contributed by atoms with Gasteiger partial charge in [-0.15, -0.1) is 0 Å². The Balaban J connectivity index is 1.28. The number of nitrogens with one attached hydrogen (secondary N) is 1. The molecule has 2 aliphatic rings. The Morgan fingerprint density at radius 1 is 1.15 bits per heavy atom. The van der Waals surface area contributed by atoms with E-state index in [4.69, 9.17) is 14.8 Å². The van der Waals surface area contributed by atoms with Gasteiger partial charge in [0.2, 0.25) is 5.95 Å². The van der Waals surface area contributed by atoms with Gasteiger partial charge in [0.1, 0.15) is 11.0 Å². The molecule has 0 bridgehead atoms. The van der Waals surface area contributed by atoms with E-state index in [1.165, 1.54) is 0 Å². The minimum absolute atomic E-state index is 0.0879. The zero-order valence-corrected chi connectivity index (χ0v) is 23.0. The van der Waals surface area contributed by atoms with Crippen molar-refractivity contribution in [2.24, 2.45) is 0 Å². The van der Waals surface area contributed by atoms with Gasteiger partial charge >= 0.3 is 6.09 Å². The molecule has 0 radical (unpaired) electrons. The minimum atomic E-state index is -0.523. The molecule has 1 aromatic carbocycles. The van der Waals surface area contributed by atoms with E-state index >= 15 is 0 Å². The fraction of sp³-hybridized carbons (Fsp3) is 0.464. The van der Waals surface area contributed by atoms with Gasteiger partial charge in [-0.25, -0.2) is 19.1 Å². The van der Waals surface area contributed by atoms with Crippen molar-refractivity contribution in [3.63, 3.8) is 0 Å². The number of aromatic nitrogens is 6. The molecular weight excluding hydrogens is 496 g/mol. The molecule has 6 rings (SSSR count). The molecule has 0 unspecified atom stereocenters. The normalized spacial score (nSPS) is 15.6. The highest BCUT2D eigenvalue weighted by Crippen LogP contribution is 2.34. The highest BCUT2D eigenvalue weighted by atomic mass is 16.6. The first-order valence-electron chi connectivity index (χ1n) is 13.5. The molecule has 0 saturated heterocycles. The maximum Gasteiger partial charge on any atom is 0.410 e. The molecule has 1 aliphatic heterocycles. The number of fused-ring (bicyclic) bond motifs is 2. The van der Waals surface area contributed by atoms with E-state index in [0.717, 1.165) is 36.1 Å². The molecule has 11 heteroatoms. The van der Waals surface area contributed by atoms with Crippen LogP contribution < -0.4 is 10.9 Å². The number of hydrogen-bond donors (Lipinski definition) is 1. The van der Waals surface area contributed by atoms with Gasteiger partial charge in [-0.2, -0.15) is 10.1 Å². The predicted molar refractivity (Wildman–Crippen MR) is 148 cm³/mol. The molecule has 39 heavy (non-hydrogen) atoms. The Bertz CT molecular complexity index is 1620. The van der Waals surface area contributed by atoms with Gasteiger partial charge in [-0.3, -0.25) is 9.48 Å². The van der Waals surface area contributed by atoms with Gasteiger partial charge in [0.05, 0.1) is 6.04 Å². The van der Waals surface area contributed by atoms with Crippen LogP contribution in [0, 0.1) is 0 Å². The van der Waals surface area contributed by atoms with Gasteiger partial charge in [-0.1, -0.05) is 6.07 Å². The maximum atomic E-state index is 13.3. The van der Waals surface area contributed by atoms with Crippen molar-refractivity contribution >= 4 is 28.8 Å². The van der Waals surface area contributed by atoms with Crippen molar-refractivity contribution in [1.82, 2.24) is 34.0 Å². The van der Waals surface area contributed by atoms with Crippen LogP contribution in [0.5, 0.6) is 0 Å². The van der Waals surface area contributed by atoms with Crippen LogP contribution in [-0.4, -0.2) is 52.3 Å². The summed E-state index contributed by atoms with van der Waals surface area (Å²) < 4.78 is 11.0. The highest BCUT2D eigenvalue weighted by Gasteiger charge is 2.27. The van der Waals surface area contributed by atoms with E-state index in [0.29, 0.717) is 41.9 Å². The third-order valence-corrected chi connectivity index (χ3v) is 6.97. The molecule has 3 aromatic heterocycles. The zero-order valence-electron chi connectivity index (χ0n) is 23.0. The lowest BCUT2D eigenvalue weighted by atomic mass is 9.99. The minimum Gasteiger partial charge on any atom is -0.444 e. The second-order valence-corrected chi connectivity index (χ2v) is 11.6. The van der Waals surface area contributed by atoms with Crippen molar-refractivity contribution in [3.05, 3.63) is 58.1 Å². The average Bonchev–Trinajstić information content (AvgIpc) is 3.54. The summed E-state index contributed by atoms with van der Waals surface area (Å²) >= 11 is 0. The Morgan fingerprint density at radius 2 is 1.95 bits per heavy atom. The molecule has 4 aromatic rings. The van der Waals surface area contributed by atoms with Crippen molar-refractivity contribution in [2.75, 3.05) is 11.9 Å². The van der Waals surface area contributed by atoms with Crippen LogP contribution in [0.15, 0.2) is 41.5 Å². The summed E-state index contributed by atoms with van der Waals surface area (Å²) in [5.74, 6) is 1.06. The van der Waals surface area contributed by atoms with Crippen LogP contribution in [0.2, 0.25) is 0 Å². The number of carbonyl (C=O) groups is 1. The van der Waals surface area contributed by atoms with Crippen LogP contribution in [-0.2, 0) is 17.7 Å². The second-order valence-electron chi connectivity index (χ2n) is 11.6. The lowest BCUT2D eigenvalue weighted by Gasteiger charge is -2.31. The number of benzene rings is 1. The van der Waals surface area contributed by atoms with Gasteiger partial charge < -0.3 is 15.0 Å². The van der Waals surface area contributed by atoms with Crippen molar-refractivity contribution in [1.29, 1.82) is 0 Å². The standard InChI is InChI=1S/C28H34N8O3/c1-17(2)35-25(37)22-15-29-26(31-24(22)36(35)23-11-13-34(32-23)21-8-9-21)30-20-7-6-19-16-33(12-10-18(19)14-20)27(38)39-28(3,4)5/h6-7,11,13-15,17,21H,8-10,12,16H2,1-5H3,(H,29,30,31). The summed E-state index contributed by atoms with van der Waals surface area (Å²) in [5, 5.41) is 8.50. The molecule has 1 aliphatic carbocycles. The first-order valence-corrected chi connectivity index (χ1v) is 13.5. The van der Waals surface area contributed by atoms with Gasteiger partial charge in [0.15, 0.2) is 11.5 Å². The smallest absolute Gasteiger partial charge is 0.410 e. The number of ether oxygens (including phenoxy) is 1. The van der Waals surface area contributed by atoms with Crippen LogP contribution >= 0.6 is 0 Å². The quantitative estimate of drug-likeness (QED) is 0.397. The Hall–Kier alpha value is -4.15. The summed E-state index contributed by atoms with van der Waals surface area (Å²) in [7, 11) is 0. The summed E-state index contributed by atoms with van der Waals surface area (Å²) in [6, 6.07) is 8.31. The molecule has 4 heterocycles. The third kappa shape index (κ3) is 4.88. The first-order chi connectivity index (χ1) is 18.6. The van der Waals surface area contributed by atoms with Gasteiger partial charge in [0, 0.05) is 43.3 Å². The average molecular weight is 531 g/mol. The number of amides is 1. The van der Waals surface area contributed by atoms with Gasteiger partial charge in [0.25, 0.3) is 5.56 Å². The SMILES string of the molecule is CC(C)n1c(=O)c2cnc(Nc3ccc4c(c3)CCN(C(=O)OC(C)(C)C)C4)nc2n1-c1ccn(C2CC2)n1. The molecular formula is C28H34N8O3. The summed E-state index contributed by atoms with van der Waals surface area (Å²) in [5.41, 5.74) is 2.94. The first kappa shape index (κ1) is 25.1. The van der Waals surface area contributed by atoms with Crippen molar-refractivity contribution in [3.8, 4) is 5.82 Å². The van der Waals surface area contributed by atoms with Crippen LogP contribution in [0.1, 0.15) is 70.7 Å². The number of hydrogen-bond acceptors (Lipinski definition) is 7. The third-order valence-electron chi connectivity index (χ3n) is 6.97. The maximum absolute atomic E-state index is 13.3. The van der Waals surface area contributed by atoms with Crippen molar-refractivity contribution < 1.29 is 9.53 Å². The fourth-order valence-corrected chi connectivity index (χ4v) is 4.97. The molecule has 11 nitrogen and oxygen atoms in total. The van der Waals surface area contributed by atoms with Crippen LogP contribution in [0.4, 0.5) is 16.4 Å². The lowest BCUT2D eigenvalue weighted by Crippen LogP contribution is -2.39. The van der Waals surface area contributed by atoms with Crippen LogP contribution in [0.25, 0.3) is 16.9 Å². The molecule has 1 amide bonds. The van der Waals surface area contributed by atoms with E-state index < -0.39 is 5.60 Å². The summed E-state index contributed by atoms with van der Waals surface area (Å²) in [6.07, 6.45) is 6.23. The largest absolute Gasteiger partial charge is 0.444 e. The Kier molecular flexibility index (Phi) is 5.96. The van der Waals surface area contributed by atoms with E-state index in [1.807, 2.05) is 63.7 Å². The van der Waals surface area contributed by atoms with E-state index in [9.17, 15) is 9.59 Å². The highest BCUT2D eigenvalue weighted by molar-refractivity contribution is 5.77. The van der Waals surface area contributed by atoms with Crippen molar-refractivity contribution in [2.45, 2.75) is 78.1 Å². The van der Waals surface area contributed by atoms with E-state index in [2.05, 4.69) is 16.4 Å². The number of carbonyl (C=O) groups excluding carboxylic acids is 1. The van der Waals surface area contributed by atoms with E-state index in [1.54, 1.807) is 20.5 Å². The summed E-state index contributed by atoms with van der Waals surface area (Å²) in [4.78, 5) is 36.7. The predicted octanol–water partition coefficient (Wildman–Crippen LogP) is 4.73. The molecule has 204 valence electrons. The molecule has 0 atom stereocenters. The summed E-state index contributed by atoms with van der Waals surface area (Å²) in [6.45, 7) is 10.7. The monoisotopic (exact) mass is 530 g/mol. The topological polar surface area (TPSA) is 112 Å². The number of anilines is 2. The van der Waals surface area contributed by atoms with Gasteiger partial charge in [-0.05, 0) is 77.1 Å². The van der Waals surface area contributed by atoms with Crippen LogP contribution in [0.3, 0.4) is 0 Å². The molecule has 0 spiro atoms. The number of nitrogens with zero attached hydrogens (tertiary/aromatic N) is 7. The van der Waals surface area contributed by atoms with E-state index in [-0.39, 0.29) is 17.7 Å². The molecule has 1 saturated carbocycles. The number of rotatable bonds is 5. The molecule has 1 N–H and O–H groups in total. The Morgan fingerprint density at radius 3 is 2.67 bits per heavy atom.